The van der Waals surface area contributed by atoms with Crippen molar-refractivity contribution < 1.29 is 4.74 Å². The van der Waals surface area contributed by atoms with Crippen molar-refractivity contribution in [3.63, 3.8) is 0 Å². The number of fused-ring (bicyclic) bond motifs is 14. The van der Waals surface area contributed by atoms with Crippen LogP contribution < -0.4 is 14.5 Å². The fourth-order valence-electron chi connectivity index (χ4n) is 11.0. The van der Waals surface area contributed by atoms with Gasteiger partial charge in [0.2, 0.25) is 0 Å². The van der Waals surface area contributed by atoms with Gasteiger partial charge in [0.25, 0.3) is 0 Å². The molecule has 0 atom stereocenters. The quantitative estimate of drug-likeness (QED) is 0.166. The summed E-state index contributed by atoms with van der Waals surface area (Å²) in [6.45, 7) is 0. The van der Waals surface area contributed by atoms with E-state index in [1.54, 1.807) is 0 Å². The minimum absolute atomic E-state index is 0.654. The van der Waals surface area contributed by atoms with Crippen molar-refractivity contribution in [2.45, 2.75) is 18.3 Å². The fourth-order valence-corrected chi connectivity index (χ4v) is 11.0. The Morgan fingerprint density at radius 2 is 0.859 bits per heavy atom. The highest BCUT2D eigenvalue weighted by atomic mass is 16.5. The average Bonchev–Trinajstić information content (AvgIpc) is 3.65. The zero-order valence-corrected chi connectivity index (χ0v) is 35.2. The molecule has 3 nitrogen and oxygen atoms in total. The van der Waals surface area contributed by atoms with E-state index >= 15 is 0 Å². The number of aryl methyl sites for hydroxylation is 1. The lowest BCUT2D eigenvalue weighted by Gasteiger charge is -2.41. The number of hydrogen-bond donors (Lipinski definition) is 0. The van der Waals surface area contributed by atoms with Gasteiger partial charge in [-0.1, -0.05) is 170 Å². The highest BCUT2D eigenvalue weighted by molar-refractivity contribution is 6.01. The van der Waals surface area contributed by atoms with E-state index in [2.05, 4.69) is 240 Å². The maximum Gasteiger partial charge on any atom is 0.140 e. The molecule has 0 fully saturated rings. The molecule has 64 heavy (non-hydrogen) atoms. The predicted octanol–water partition coefficient (Wildman–Crippen LogP) is 16.1. The Bertz CT molecular complexity index is 3360. The highest BCUT2D eigenvalue weighted by Gasteiger charge is 2.52. The topological polar surface area (TPSA) is 15.7 Å². The number of hydrogen-bond acceptors (Lipinski definition) is 3. The van der Waals surface area contributed by atoms with Crippen LogP contribution in [0, 0.1) is 0 Å². The summed E-state index contributed by atoms with van der Waals surface area (Å²) in [5, 5.41) is 4.56. The number of para-hydroxylation sites is 2. The summed E-state index contributed by atoms with van der Waals surface area (Å²) in [6.07, 6.45) is 4.43. The Balaban J connectivity index is 1.06. The van der Waals surface area contributed by atoms with Gasteiger partial charge in [-0.15, -0.1) is 0 Å². The van der Waals surface area contributed by atoms with Crippen LogP contribution in [0.3, 0.4) is 0 Å². The van der Waals surface area contributed by atoms with E-state index in [9.17, 15) is 0 Å². The summed E-state index contributed by atoms with van der Waals surface area (Å²) >= 11 is 0. The molecular formula is C61H42N2O. The maximum absolute atomic E-state index is 7.27. The molecule has 0 unspecified atom stereocenters. The van der Waals surface area contributed by atoms with Crippen LogP contribution in [0.4, 0.5) is 28.4 Å². The van der Waals surface area contributed by atoms with E-state index in [0.717, 1.165) is 85.4 Å². The molecule has 1 aliphatic heterocycles. The summed E-state index contributed by atoms with van der Waals surface area (Å²) in [5.74, 6) is 1.85. The Morgan fingerprint density at radius 3 is 1.52 bits per heavy atom. The second-order valence-corrected chi connectivity index (χ2v) is 17.1. The van der Waals surface area contributed by atoms with Crippen LogP contribution in [-0.4, -0.2) is 0 Å². The molecule has 0 amide bonds. The van der Waals surface area contributed by atoms with E-state index in [0.29, 0.717) is 0 Å². The van der Waals surface area contributed by atoms with Gasteiger partial charge in [-0.25, -0.2) is 0 Å². The van der Waals surface area contributed by atoms with Gasteiger partial charge in [-0.05, 0) is 112 Å². The van der Waals surface area contributed by atoms with Crippen molar-refractivity contribution in [3.05, 3.63) is 264 Å². The highest BCUT2D eigenvalue weighted by Crippen LogP contribution is 2.64. The minimum atomic E-state index is -0.654. The van der Waals surface area contributed by atoms with Crippen LogP contribution in [0.2, 0.25) is 0 Å². The number of rotatable bonds is 6. The third kappa shape index (κ3) is 5.41. The molecule has 1 spiro atoms. The molecule has 10 aromatic carbocycles. The van der Waals surface area contributed by atoms with Crippen molar-refractivity contribution in [1.29, 1.82) is 0 Å². The van der Waals surface area contributed by atoms with Crippen LogP contribution in [0.15, 0.2) is 231 Å². The molecule has 0 N–H and O–H groups in total. The van der Waals surface area contributed by atoms with E-state index in [1.165, 1.54) is 39.1 Å². The second kappa shape index (κ2) is 14.5. The molecule has 0 saturated heterocycles. The molecule has 1 heterocycles. The van der Waals surface area contributed by atoms with Crippen molar-refractivity contribution in [2.24, 2.45) is 0 Å². The predicted molar refractivity (Wildman–Crippen MR) is 265 cm³/mol. The minimum Gasteiger partial charge on any atom is -0.455 e. The van der Waals surface area contributed by atoms with Crippen molar-refractivity contribution in [1.82, 2.24) is 0 Å². The molecule has 0 bridgehead atoms. The van der Waals surface area contributed by atoms with Gasteiger partial charge in [-0.2, -0.15) is 0 Å². The number of benzene rings is 10. The van der Waals surface area contributed by atoms with Gasteiger partial charge in [0.1, 0.15) is 11.5 Å². The van der Waals surface area contributed by atoms with E-state index in [1.807, 2.05) is 0 Å². The molecule has 0 radical (unpaired) electrons. The lowest BCUT2D eigenvalue weighted by Crippen LogP contribution is -2.32. The molecular weight excluding hydrogens is 777 g/mol. The number of anilines is 5. The molecule has 2 aliphatic carbocycles. The van der Waals surface area contributed by atoms with Crippen LogP contribution in [0.5, 0.6) is 11.5 Å². The normalized spacial score (nSPS) is 13.8. The molecule has 302 valence electrons. The first-order chi connectivity index (χ1) is 31.8. The summed E-state index contributed by atoms with van der Waals surface area (Å²) in [7, 11) is 0. The largest absolute Gasteiger partial charge is 0.455 e. The fraction of sp³-hybridized carbons (Fsp3) is 0.0492. The summed E-state index contributed by atoms with van der Waals surface area (Å²) in [6, 6.07) is 82.1. The summed E-state index contributed by atoms with van der Waals surface area (Å²) in [4.78, 5) is 4.82. The van der Waals surface area contributed by atoms with Crippen LogP contribution in [-0.2, 0) is 11.8 Å². The Labute approximate surface area is 373 Å². The van der Waals surface area contributed by atoms with Crippen molar-refractivity contribution in [2.75, 3.05) is 9.80 Å². The molecule has 10 aromatic rings. The first kappa shape index (κ1) is 36.5. The summed E-state index contributed by atoms with van der Waals surface area (Å²) in [5.41, 5.74) is 16.1. The van der Waals surface area contributed by atoms with Crippen LogP contribution in [0.1, 0.15) is 39.8 Å². The van der Waals surface area contributed by atoms with E-state index < -0.39 is 5.41 Å². The first-order valence-electron chi connectivity index (χ1n) is 22.3. The van der Waals surface area contributed by atoms with Gasteiger partial charge < -0.3 is 14.5 Å². The average molecular weight is 819 g/mol. The zero-order chi connectivity index (χ0) is 42.2. The van der Waals surface area contributed by atoms with Gasteiger partial charge in [0.15, 0.2) is 0 Å². The van der Waals surface area contributed by atoms with E-state index in [-0.39, 0.29) is 0 Å². The van der Waals surface area contributed by atoms with Gasteiger partial charge in [0, 0.05) is 61.6 Å². The smallest absolute Gasteiger partial charge is 0.140 e. The van der Waals surface area contributed by atoms with Gasteiger partial charge in [0.05, 0.1) is 5.41 Å². The Hall–Kier alpha value is -8.14. The van der Waals surface area contributed by atoms with Gasteiger partial charge in [-0.3, -0.25) is 0 Å². The maximum atomic E-state index is 7.27. The molecule has 0 aromatic heterocycles. The van der Waals surface area contributed by atoms with E-state index in [4.69, 9.17) is 4.74 Å². The van der Waals surface area contributed by atoms with Crippen molar-refractivity contribution >= 4 is 55.7 Å². The Kier molecular flexibility index (Phi) is 8.26. The molecule has 3 aliphatic rings. The number of ether oxygens (including phenoxy) is 1. The standard InChI is InChI=1S/C61H42N2O/c1-3-20-44(21-4-1)62(45-22-5-2-6-23-45)46-32-34-47(35-33-46)63(58-29-15-19-41-16-7-10-24-49(41)58)48-36-37-53-52-27-13-14-28-54(52)61(57(53)40-48)55-38-30-42-17-8-11-25-50(42)59(55)64-60-51-26-12-9-18-43(51)31-39-56(60)61/h1-14,16-18,20-40H,15,19H2. The second-order valence-electron chi connectivity index (χ2n) is 17.1. The lowest BCUT2D eigenvalue weighted by molar-refractivity contribution is 0.447. The monoisotopic (exact) mass is 818 g/mol. The van der Waals surface area contributed by atoms with Crippen molar-refractivity contribution in [3.8, 4) is 22.6 Å². The number of nitrogens with zero attached hydrogens (tertiary/aromatic N) is 2. The SMILES string of the molecule is C1=C(N(c2ccc(N(c3ccccc3)c3ccccc3)cc2)c2ccc3c(c2)C2(c4ccccc4-3)c3ccc4ccccc4c3Oc3c2ccc2ccccc32)c2ccccc2CC1. The summed E-state index contributed by atoms with van der Waals surface area (Å²) < 4.78 is 7.27. The molecule has 0 saturated carbocycles. The third-order valence-corrected chi connectivity index (χ3v) is 13.7. The zero-order valence-electron chi connectivity index (χ0n) is 35.2. The van der Waals surface area contributed by atoms with Crippen LogP contribution in [0.25, 0.3) is 38.4 Å². The molecule has 13 rings (SSSR count). The molecule has 3 heteroatoms. The third-order valence-electron chi connectivity index (χ3n) is 13.7. The first-order valence-corrected chi connectivity index (χ1v) is 22.3. The Morgan fingerprint density at radius 1 is 0.359 bits per heavy atom. The van der Waals surface area contributed by atoms with Gasteiger partial charge >= 0.3 is 0 Å². The lowest BCUT2D eigenvalue weighted by atomic mass is 9.65. The number of allylic oxidation sites excluding steroid dienone is 1. The van der Waals surface area contributed by atoms with Crippen LogP contribution >= 0.6 is 0 Å².